The first-order valence-electron chi connectivity index (χ1n) is 8.53. The zero-order chi connectivity index (χ0) is 19.6. The van der Waals surface area contributed by atoms with Crippen LogP contribution in [0.3, 0.4) is 0 Å². The fraction of sp³-hybridized carbons (Fsp3) is 0.300. The van der Waals surface area contributed by atoms with Crippen LogP contribution in [0.5, 0.6) is 0 Å². The van der Waals surface area contributed by atoms with Gasteiger partial charge in [0.15, 0.2) is 5.78 Å². The average molecular weight is 389 g/mol. The standard InChI is InChI=1S/C20H21ClN2O4/c1-27-20(26)11-13-23(14-17-4-2-3-12-22-17)19(25)10-9-18(24)15-5-7-16(21)8-6-15/h2-8,12H,9-11,13-14H2,1H3. The van der Waals surface area contributed by atoms with Crippen LogP contribution in [0.2, 0.25) is 5.02 Å². The number of hydrogen-bond donors (Lipinski definition) is 0. The third-order valence-corrected chi connectivity index (χ3v) is 4.23. The number of hydrogen-bond acceptors (Lipinski definition) is 5. The number of nitrogens with zero attached hydrogens (tertiary/aromatic N) is 2. The molecule has 142 valence electrons. The zero-order valence-electron chi connectivity index (χ0n) is 15.1. The Kier molecular flexibility index (Phi) is 7.95. The van der Waals surface area contributed by atoms with Crippen LogP contribution in [0.25, 0.3) is 0 Å². The molecule has 0 aliphatic carbocycles. The molecule has 0 fully saturated rings. The van der Waals surface area contributed by atoms with Crippen molar-refractivity contribution >= 4 is 29.3 Å². The molecule has 6 nitrogen and oxygen atoms in total. The first-order chi connectivity index (χ1) is 13.0. The van der Waals surface area contributed by atoms with Gasteiger partial charge in [0.05, 0.1) is 25.8 Å². The molecule has 0 saturated heterocycles. The summed E-state index contributed by atoms with van der Waals surface area (Å²) in [4.78, 5) is 42.0. The summed E-state index contributed by atoms with van der Waals surface area (Å²) >= 11 is 5.82. The summed E-state index contributed by atoms with van der Waals surface area (Å²) in [6.45, 7) is 0.475. The molecule has 0 radical (unpaired) electrons. The second-order valence-corrected chi connectivity index (χ2v) is 6.33. The van der Waals surface area contributed by atoms with Crippen LogP contribution in [0.4, 0.5) is 0 Å². The second kappa shape index (κ2) is 10.4. The van der Waals surface area contributed by atoms with Crippen LogP contribution in [0.1, 0.15) is 35.3 Å². The smallest absolute Gasteiger partial charge is 0.307 e. The number of esters is 1. The van der Waals surface area contributed by atoms with E-state index in [4.69, 9.17) is 11.6 Å². The number of Topliss-reactive ketones (excluding diaryl/α,β-unsaturated/α-hetero) is 1. The van der Waals surface area contributed by atoms with Crippen molar-refractivity contribution in [1.29, 1.82) is 0 Å². The van der Waals surface area contributed by atoms with Crippen LogP contribution < -0.4 is 0 Å². The van der Waals surface area contributed by atoms with Gasteiger partial charge in [-0.25, -0.2) is 0 Å². The summed E-state index contributed by atoms with van der Waals surface area (Å²) in [7, 11) is 1.30. The normalized spacial score (nSPS) is 10.3. The fourth-order valence-corrected chi connectivity index (χ4v) is 2.59. The summed E-state index contributed by atoms with van der Waals surface area (Å²) in [5.74, 6) is -0.747. The predicted molar refractivity (Wildman–Crippen MR) is 101 cm³/mol. The molecule has 1 aromatic carbocycles. The van der Waals surface area contributed by atoms with Crippen molar-refractivity contribution < 1.29 is 19.1 Å². The Hall–Kier alpha value is -2.73. The van der Waals surface area contributed by atoms with E-state index < -0.39 is 5.97 Å². The first-order valence-corrected chi connectivity index (χ1v) is 8.90. The van der Waals surface area contributed by atoms with Crippen molar-refractivity contribution in [2.75, 3.05) is 13.7 Å². The zero-order valence-corrected chi connectivity index (χ0v) is 15.8. The minimum Gasteiger partial charge on any atom is -0.469 e. The fourth-order valence-electron chi connectivity index (χ4n) is 2.47. The maximum atomic E-state index is 12.6. The number of halogens is 1. The summed E-state index contributed by atoms with van der Waals surface area (Å²) in [5.41, 5.74) is 1.22. The predicted octanol–water partition coefficient (Wildman–Crippen LogP) is 3.29. The second-order valence-electron chi connectivity index (χ2n) is 5.89. The van der Waals surface area contributed by atoms with E-state index in [0.29, 0.717) is 16.3 Å². The third-order valence-electron chi connectivity index (χ3n) is 3.98. The minimum atomic E-state index is -0.397. The number of ether oxygens (including phenoxy) is 1. The van der Waals surface area contributed by atoms with Gasteiger partial charge < -0.3 is 9.64 Å². The van der Waals surface area contributed by atoms with Crippen LogP contribution in [0, 0.1) is 0 Å². The van der Waals surface area contributed by atoms with E-state index in [-0.39, 0.29) is 44.0 Å². The van der Waals surface area contributed by atoms with Crippen LogP contribution in [-0.4, -0.2) is 41.2 Å². The number of methoxy groups -OCH3 is 1. The lowest BCUT2D eigenvalue weighted by Gasteiger charge is -2.22. The number of pyridine rings is 1. The van der Waals surface area contributed by atoms with Crippen LogP contribution in [-0.2, 0) is 20.9 Å². The van der Waals surface area contributed by atoms with E-state index in [1.807, 2.05) is 6.07 Å². The van der Waals surface area contributed by atoms with Gasteiger partial charge in [0, 0.05) is 36.2 Å². The van der Waals surface area contributed by atoms with E-state index >= 15 is 0 Å². The van der Waals surface area contributed by atoms with Gasteiger partial charge in [-0.3, -0.25) is 19.4 Å². The molecular formula is C20H21ClN2O4. The molecule has 0 bridgehead atoms. The number of aromatic nitrogens is 1. The number of ketones is 1. The number of carbonyl (C=O) groups is 3. The molecule has 0 spiro atoms. The van der Waals surface area contributed by atoms with E-state index in [1.165, 1.54) is 12.0 Å². The molecule has 1 aromatic heterocycles. The Morgan fingerprint density at radius 3 is 2.41 bits per heavy atom. The average Bonchev–Trinajstić information content (AvgIpc) is 2.70. The highest BCUT2D eigenvalue weighted by molar-refractivity contribution is 6.30. The molecule has 2 rings (SSSR count). The molecule has 2 aromatic rings. The van der Waals surface area contributed by atoms with Crippen molar-refractivity contribution in [3.8, 4) is 0 Å². The lowest BCUT2D eigenvalue weighted by molar-refractivity contribution is -0.142. The van der Waals surface area contributed by atoms with E-state index in [0.717, 1.165) is 0 Å². The molecule has 1 amide bonds. The van der Waals surface area contributed by atoms with E-state index in [2.05, 4.69) is 9.72 Å². The molecule has 0 aliphatic heterocycles. The minimum absolute atomic E-state index is 0.0511. The molecule has 0 atom stereocenters. The molecule has 0 N–H and O–H groups in total. The van der Waals surface area contributed by atoms with E-state index in [9.17, 15) is 14.4 Å². The van der Waals surface area contributed by atoms with Gasteiger partial charge in [-0.15, -0.1) is 0 Å². The number of carbonyl (C=O) groups excluding carboxylic acids is 3. The molecule has 0 unspecified atom stereocenters. The lowest BCUT2D eigenvalue weighted by atomic mass is 10.1. The Labute approximate surface area is 163 Å². The Bertz CT molecular complexity index is 778. The number of benzene rings is 1. The van der Waals surface area contributed by atoms with Gasteiger partial charge in [0.1, 0.15) is 0 Å². The molecule has 0 aliphatic rings. The highest BCUT2D eigenvalue weighted by Gasteiger charge is 2.18. The van der Waals surface area contributed by atoms with Crippen LogP contribution in [0.15, 0.2) is 48.7 Å². The number of amides is 1. The SMILES string of the molecule is COC(=O)CCN(Cc1ccccn1)C(=O)CCC(=O)c1ccc(Cl)cc1. The molecule has 27 heavy (non-hydrogen) atoms. The largest absolute Gasteiger partial charge is 0.469 e. The van der Waals surface area contributed by atoms with Gasteiger partial charge in [-0.2, -0.15) is 0 Å². The Morgan fingerprint density at radius 1 is 1.04 bits per heavy atom. The maximum Gasteiger partial charge on any atom is 0.307 e. The van der Waals surface area contributed by atoms with Crippen molar-refractivity contribution in [1.82, 2.24) is 9.88 Å². The van der Waals surface area contributed by atoms with Gasteiger partial charge >= 0.3 is 5.97 Å². The van der Waals surface area contributed by atoms with Crippen molar-refractivity contribution in [2.24, 2.45) is 0 Å². The monoisotopic (exact) mass is 388 g/mol. The maximum absolute atomic E-state index is 12.6. The molecule has 7 heteroatoms. The first kappa shape index (κ1) is 20.6. The highest BCUT2D eigenvalue weighted by Crippen LogP contribution is 2.13. The van der Waals surface area contributed by atoms with Crippen molar-refractivity contribution in [2.45, 2.75) is 25.8 Å². The molecule has 0 saturated carbocycles. The lowest BCUT2D eigenvalue weighted by Crippen LogP contribution is -2.33. The summed E-state index contributed by atoms with van der Waals surface area (Å²) in [5, 5.41) is 0.548. The number of rotatable bonds is 9. The Morgan fingerprint density at radius 2 is 1.78 bits per heavy atom. The van der Waals surface area contributed by atoms with Gasteiger partial charge in [0.25, 0.3) is 0 Å². The summed E-state index contributed by atoms with van der Waals surface area (Å²) in [6, 6.07) is 12.0. The highest BCUT2D eigenvalue weighted by atomic mass is 35.5. The van der Waals surface area contributed by atoms with Gasteiger partial charge in [-0.1, -0.05) is 17.7 Å². The molecule has 1 heterocycles. The van der Waals surface area contributed by atoms with E-state index in [1.54, 1.807) is 42.6 Å². The van der Waals surface area contributed by atoms with Gasteiger partial charge in [0.2, 0.25) is 5.91 Å². The van der Waals surface area contributed by atoms with Crippen molar-refractivity contribution in [3.05, 3.63) is 64.9 Å². The summed E-state index contributed by atoms with van der Waals surface area (Å²) < 4.78 is 4.64. The summed E-state index contributed by atoms with van der Waals surface area (Å²) in [6.07, 6.45) is 1.86. The van der Waals surface area contributed by atoms with Crippen LogP contribution >= 0.6 is 11.6 Å². The van der Waals surface area contributed by atoms with Crippen molar-refractivity contribution in [3.63, 3.8) is 0 Å². The Balaban J connectivity index is 1.97. The third kappa shape index (κ3) is 6.83. The van der Waals surface area contributed by atoms with Gasteiger partial charge in [-0.05, 0) is 36.4 Å². The molecular weight excluding hydrogens is 368 g/mol. The quantitative estimate of drug-likeness (QED) is 0.486. The topological polar surface area (TPSA) is 76.6 Å².